The summed E-state index contributed by atoms with van der Waals surface area (Å²) < 4.78 is 18.5. The van der Waals surface area contributed by atoms with Gasteiger partial charge in [-0.2, -0.15) is 0 Å². The quantitative estimate of drug-likeness (QED) is 0.359. The van der Waals surface area contributed by atoms with Crippen molar-refractivity contribution in [3.63, 3.8) is 0 Å². The van der Waals surface area contributed by atoms with Crippen LogP contribution in [0.2, 0.25) is 0 Å². The van der Waals surface area contributed by atoms with Crippen LogP contribution >= 0.6 is 0 Å². The Morgan fingerprint density at radius 2 is 1.69 bits per heavy atom. The second-order valence-electron chi connectivity index (χ2n) is 16.9. The van der Waals surface area contributed by atoms with E-state index < -0.39 is 17.7 Å². The smallest absolute Gasteiger partial charge is 0.310 e. The Balaban J connectivity index is 1.21. The number of carboxylic acid groups (broad SMARTS) is 1. The summed E-state index contributed by atoms with van der Waals surface area (Å²) >= 11 is 0. The zero-order chi connectivity index (χ0) is 29.9. The Bertz CT molecular complexity index is 1380. The monoisotopic (exact) mass is 578 g/mol. The van der Waals surface area contributed by atoms with Crippen LogP contribution in [0.3, 0.4) is 0 Å². The van der Waals surface area contributed by atoms with E-state index in [1.54, 1.807) is 0 Å². The fraction of sp³-hybridized carbons (Fsp3) is 0.778. The molecule has 5 fully saturated rings. The van der Waals surface area contributed by atoms with Crippen LogP contribution in [0.25, 0.3) is 0 Å². The molecule has 10 atom stereocenters. The summed E-state index contributed by atoms with van der Waals surface area (Å²) in [4.78, 5) is 24.9. The first-order valence-electron chi connectivity index (χ1n) is 16.5. The molecule has 0 aromatic carbocycles. The molecule has 230 valence electrons. The van der Waals surface area contributed by atoms with E-state index in [0.717, 1.165) is 64.2 Å². The van der Waals surface area contributed by atoms with Gasteiger partial charge in [-0.3, -0.25) is 9.59 Å². The molecular formula is C36H50O6. The molecule has 6 nitrogen and oxygen atoms in total. The molecule has 6 aliphatic rings. The lowest BCUT2D eigenvalue weighted by Gasteiger charge is -2.71. The molecule has 4 saturated carbocycles. The molecule has 0 bridgehead atoms. The average Bonchev–Trinajstić information content (AvgIpc) is 2.92. The second-order valence-corrected chi connectivity index (χ2v) is 16.9. The third-order valence-corrected chi connectivity index (χ3v) is 14.6. The number of rotatable bonds is 2. The van der Waals surface area contributed by atoms with Crippen LogP contribution in [-0.2, 0) is 14.3 Å². The van der Waals surface area contributed by atoms with Crippen molar-refractivity contribution in [2.45, 2.75) is 118 Å². The molecule has 42 heavy (non-hydrogen) atoms. The molecule has 0 spiro atoms. The molecule has 0 unspecified atom stereocenters. The summed E-state index contributed by atoms with van der Waals surface area (Å²) in [5.41, 5.74) is 1.16. The largest absolute Gasteiger partial charge is 0.481 e. The standard InChI is InChI=1S/C36H50O6/c1-31(2)14-16-36(30(38)39)17-15-34(5)23(24(36)20-31)7-8-27-32(3)12-10-28-33(4,26(32)9-13-35(27,34)6)21-41-29(42-28)25-19-22(37)11-18-40-25/h7,11,18-19,24,26-29H,8-10,12-17,20-21H2,1-6H3,(H,38,39)/t24-,26+,27+,28-,29+,32-,33-,34+,35+,36-/m0/s1. The normalized spacial score (nSPS) is 49.3. The van der Waals surface area contributed by atoms with E-state index in [2.05, 4.69) is 47.6 Å². The van der Waals surface area contributed by atoms with E-state index in [9.17, 15) is 14.7 Å². The molecule has 5 aliphatic carbocycles. The van der Waals surface area contributed by atoms with Crippen LogP contribution in [0.1, 0.15) is 118 Å². The number of fused-ring (bicyclic) bond motifs is 9. The first kappa shape index (κ1) is 28.8. The molecule has 1 saturated heterocycles. The summed E-state index contributed by atoms with van der Waals surface area (Å²) in [6.45, 7) is 15.3. The highest BCUT2D eigenvalue weighted by molar-refractivity contribution is 5.76. The summed E-state index contributed by atoms with van der Waals surface area (Å²) in [5, 5.41) is 10.6. The summed E-state index contributed by atoms with van der Waals surface area (Å²) in [7, 11) is 0. The molecule has 0 amide bonds. The van der Waals surface area contributed by atoms with Crippen molar-refractivity contribution in [2.75, 3.05) is 6.61 Å². The highest BCUT2D eigenvalue weighted by Gasteiger charge is 2.70. The minimum absolute atomic E-state index is 0.0220. The van der Waals surface area contributed by atoms with Crippen molar-refractivity contribution >= 4 is 5.97 Å². The Morgan fingerprint density at radius 1 is 0.929 bits per heavy atom. The van der Waals surface area contributed by atoms with Gasteiger partial charge < -0.3 is 19.0 Å². The van der Waals surface area contributed by atoms with Crippen molar-refractivity contribution < 1.29 is 23.8 Å². The Kier molecular flexibility index (Phi) is 6.22. The molecule has 0 radical (unpaired) electrons. The van der Waals surface area contributed by atoms with E-state index >= 15 is 0 Å². The van der Waals surface area contributed by atoms with Crippen molar-refractivity contribution in [1.29, 1.82) is 0 Å². The Morgan fingerprint density at radius 3 is 2.43 bits per heavy atom. The first-order valence-corrected chi connectivity index (χ1v) is 16.5. The fourth-order valence-corrected chi connectivity index (χ4v) is 12.0. The maximum absolute atomic E-state index is 12.9. The van der Waals surface area contributed by atoms with Crippen molar-refractivity contribution in [1.82, 2.24) is 0 Å². The number of allylic oxidation sites excluding steroid dienone is 2. The van der Waals surface area contributed by atoms with Gasteiger partial charge in [-0.15, -0.1) is 0 Å². The van der Waals surface area contributed by atoms with Gasteiger partial charge in [0.05, 0.1) is 24.4 Å². The van der Waals surface area contributed by atoms with Gasteiger partial charge in [-0.05, 0) is 104 Å². The van der Waals surface area contributed by atoms with Crippen molar-refractivity contribution in [3.8, 4) is 0 Å². The molecule has 2 heterocycles. The number of aliphatic carboxylic acids is 1. The highest BCUT2D eigenvalue weighted by Crippen LogP contribution is 2.76. The maximum atomic E-state index is 12.9. The third kappa shape index (κ3) is 3.69. The van der Waals surface area contributed by atoms with Gasteiger partial charge in [0.2, 0.25) is 6.29 Å². The number of carboxylic acids is 1. The van der Waals surface area contributed by atoms with Crippen LogP contribution in [0, 0.1) is 50.2 Å². The number of carbonyl (C=O) groups is 1. The van der Waals surface area contributed by atoms with Crippen LogP contribution < -0.4 is 5.43 Å². The molecule has 1 aromatic heterocycles. The Labute approximate surface area is 250 Å². The molecular weight excluding hydrogens is 528 g/mol. The van der Waals surface area contributed by atoms with Crippen LogP contribution in [-0.4, -0.2) is 23.8 Å². The molecule has 7 rings (SSSR count). The van der Waals surface area contributed by atoms with E-state index in [0.29, 0.717) is 24.2 Å². The van der Waals surface area contributed by atoms with Crippen molar-refractivity contribution in [3.05, 3.63) is 46.0 Å². The van der Waals surface area contributed by atoms with Gasteiger partial charge >= 0.3 is 5.97 Å². The number of hydrogen-bond acceptors (Lipinski definition) is 5. The van der Waals surface area contributed by atoms with Gasteiger partial charge in [0, 0.05) is 17.5 Å². The maximum Gasteiger partial charge on any atom is 0.310 e. The minimum atomic E-state index is -0.634. The Hall–Kier alpha value is -1.92. The summed E-state index contributed by atoms with van der Waals surface area (Å²) in [6, 6.07) is 2.89. The SMILES string of the molecule is CC1(C)CC[C@]2(C(=O)O)CC[C@]3(C)C(=CC[C@@H]4[C@@]5(C)CC[C@@H]6O[C@H](c7cc(=O)cco7)OC[C@@]6(C)[C@@H]5CC[C@]43C)[C@@H]2C1. The van der Waals surface area contributed by atoms with E-state index in [1.165, 1.54) is 24.0 Å². The zero-order valence-electron chi connectivity index (χ0n) is 26.5. The van der Waals surface area contributed by atoms with Gasteiger partial charge in [0.25, 0.3) is 0 Å². The van der Waals surface area contributed by atoms with E-state index in [4.69, 9.17) is 13.9 Å². The summed E-state index contributed by atoms with van der Waals surface area (Å²) in [6.07, 6.45) is 13.4. The van der Waals surface area contributed by atoms with Gasteiger partial charge in [-0.1, -0.05) is 53.2 Å². The first-order chi connectivity index (χ1) is 19.7. The summed E-state index contributed by atoms with van der Waals surface area (Å²) in [5.74, 6) is 1.04. The second kappa shape index (κ2) is 9.06. The predicted molar refractivity (Wildman–Crippen MR) is 160 cm³/mol. The van der Waals surface area contributed by atoms with E-state index in [-0.39, 0.29) is 44.5 Å². The highest BCUT2D eigenvalue weighted by atomic mass is 16.7. The third-order valence-electron chi connectivity index (χ3n) is 14.6. The molecule has 1 aromatic rings. The fourth-order valence-electron chi connectivity index (χ4n) is 12.0. The topological polar surface area (TPSA) is 86.0 Å². The lowest BCUT2D eigenvalue weighted by molar-refractivity contribution is -0.321. The van der Waals surface area contributed by atoms with Gasteiger partial charge in [-0.25, -0.2) is 0 Å². The minimum Gasteiger partial charge on any atom is -0.481 e. The molecule has 1 aliphatic heterocycles. The zero-order valence-corrected chi connectivity index (χ0v) is 26.5. The number of hydrogen-bond donors (Lipinski definition) is 1. The van der Waals surface area contributed by atoms with Gasteiger partial charge in [0.15, 0.2) is 11.2 Å². The van der Waals surface area contributed by atoms with Crippen LogP contribution in [0.4, 0.5) is 0 Å². The molecule has 6 heteroatoms. The predicted octanol–water partition coefficient (Wildman–Crippen LogP) is 7.92. The number of ether oxygens (including phenoxy) is 2. The molecule has 1 N–H and O–H groups in total. The van der Waals surface area contributed by atoms with Crippen molar-refractivity contribution in [2.24, 2.45) is 50.2 Å². The average molecular weight is 579 g/mol. The van der Waals surface area contributed by atoms with E-state index in [1.807, 2.05) is 0 Å². The lowest BCUT2D eigenvalue weighted by atomic mass is 9.33. The van der Waals surface area contributed by atoms with Crippen LogP contribution in [0.5, 0.6) is 0 Å². The van der Waals surface area contributed by atoms with Crippen LogP contribution in [0.15, 0.2) is 39.3 Å². The van der Waals surface area contributed by atoms with Gasteiger partial charge in [0.1, 0.15) is 0 Å². The lowest BCUT2D eigenvalue weighted by Crippen LogP contribution is -2.66.